The number of ether oxygens (including phenoxy) is 1. The van der Waals surface area contributed by atoms with E-state index in [0.29, 0.717) is 30.1 Å². The molecular formula is C23H26N6O4. The van der Waals surface area contributed by atoms with Crippen molar-refractivity contribution < 1.29 is 19.4 Å². The molecule has 10 nitrogen and oxygen atoms in total. The summed E-state index contributed by atoms with van der Waals surface area (Å²) in [5, 5.41) is 17.4. The lowest BCUT2D eigenvalue weighted by Gasteiger charge is -2.17. The number of amides is 1. The van der Waals surface area contributed by atoms with Gasteiger partial charge in [-0.15, -0.1) is 0 Å². The van der Waals surface area contributed by atoms with Crippen LogP contribution in [-0.2, 0) is 24.2 Å². The first kappa shape index (κ1) is 22.3. The molecule has 0 fully saturated rings. The number of pyridine rings is 2. The van der Waals surface area contributed by atoms with E-state index in [1.54, 1.807) is 23.0 Å². The molecule has 4 heterocycles. The molecule has 1 amide bonds. The second-order valence-electron chi connectivity index (χ2n) is 7.93. The van der Waals surface area contributed by atoms with Crippen LogP contribution in [0.25, 0.3) is 0 Å². The van der Waals surface area contributed by atoms with Crippen molar-refractivity contribution in [2.45, 2.75) is 38.1 Å². The quantitative estimate of drug-likeness (QED) is 0.449. The molecule has 10 heteroatoms. The molecule has 0 unspecified atom stereocenters. The number of aryl methyl sites for hydroxylation is 3. The van der Waals surface area contributed by atoms with Gasteiger partial charge in [0.1, 0.15) is 5.82 Å². The number of aliphatic carboxylic acids is 1. The Morgan fingerprint density at radius 3 is 2.85 bits per heavy atom. The average molecular weight is 450 g/mol. The zero-order valence-electron chi connectivity index (χ0n) is 18.3. The fraction of sp³-hybridized carbons (Fsp3) is 0.348. The van der Waals surface area contributed by atoms with Gasteiger partial charge in [0.2, 0.25) is 5.88 Å². The van der Waals surface area contributed by atoms with Crippen molar-refractivity contribution in [3.8, 4) is 5.88 Å². The molecule has 0 saturated heterocycles. The predicted molar refractivity (Wildman–Crippen MR) is 120 cm³/mol. The van der Waals surface area contributed by atoms with Gasteiger partial charge in [-0.1, -0.05) is 12.1 Å². The van der Waals surface area contributed by atoms with Crippen LogP contribution < -0.4 is 15.8 Å². The lowest BCUT2D eigenvalue weighted by Crippen LogP contribution is -2.17. The second-order valence-corrected chi connectivity index (χ2v) is 7.93. The van der Waals surface area contributed by atoms with E-state index in [4.69, 9.17) is 10.5 Å². The van der Waals surface area contributed by atoms with Gasteiger partial charge in [-0.3, -0.25) is 14.3 Å². The fourth-order valence-corrected chi connectivity index (χ4v) is 4.00. The molecule has 1 aliphatic rings. The van der Waals surface area contributed by atoms with E-state index in [1.807, 2.05) is 6.07 Å². The highest BCUT2D eigenvalue weighted by Crippen LogP contribution is 2.30. The Labute approximate surface area is 190 Å². The van der Waals surface area contributed by atoms with Crippen molar-refractivity contribution in [3.05, 3.63) is 64.7 Å². The monoisotopic (exact) mass is 450 g/mol. The van der Waals surface area contributed by atoms with E-state index in [-0.39, 0.29) is 12.0 Å². The first-order valence-electron chi connectivity index (χ1n) is 10.8. The van der Waals surface area contributed by atoms with Crippen LogP contribution in [0.4, 0.5) is 5.82 Å². The third kappa shape index (κ3) is 5.11. The summed E-state index contributed by atoms with van der Waals surface area (Å²) in [6.45, 7) is 1.38. The van der Waals surface area contributed by atoms with Crippen molar-refractivity contribution in [3.63, 3.8) is 0 Å². The number of aromatic nitrogens is 4. The number of carbonyl (C=O) groups is 2. The molecule has 0 spiro atoms. The van der Waals surface area contributed by atoms with Crippen LogP contribution in [0.5, 0.6) is 5.88 Å². The van der Waals surface area contributed by atoms with Crippen LogP contribution in [0.3, 0.4) is 0 Å². The van der Waals surface area contributed by atoms with Crippen LogP contribution in [0.15, 0.2) is 36.7 Å². The predicted octanol–water partition coefficient (Wildman–Crippen LogP) is 1.99. The number of nitrogens with zero attached hydrogens (tertiary/aromatic N) is 4. The van der Waals surface area contributed by atoms with Crippen molar-refractivity contribution in [1.82, 2.24) is 19.7 Å². The third-order valence-corrected chi connectivity index (χ3v) is 5.68. The Hall–Kier alpha value is -3.95. The number of methoxy groups -OCH3 is 1. The molecule has 33 heavy (non-hydrogen) atoms. The average Bonchev–Trinajstić information content (AvgIpc) is 3.25. The highest BCUT2D eigenvalue weighted by Gasteiger charge is 2.27. The van der Waals surface area contributed by atoms with Gasteiger partial charge in [-0.05, 0) is 30.0 Å². The Kier molecular flexibility index (Phi) is 6.53. The largest absolute Gasteiger partial charge is 0.481 e. The standard InChI is InChI=1S/C23H26N6O4/c1-33-19-7-5-15(12-26-19)17(11-20(30)31)21-18(22(24)32)13-29(28-21)10-8-16-6-4-14-3-2-9-25-23(14)27-16/h4-7,12-13,17H,2-3,8-11H2,1H3,(H2,24,32)(H,25,27)(H,30,31)/t17-/m0/s1. The highest BCUT2D eigenvalue weighted by atomic mass is 16.5. The molecule has 1 aliphatic heterocycles. The van der Waals surface area contributed by atoms with Gasteiger partial charge in [0.25, 0.3) is 5.91 Å². The molecule has 3 aromatic rings. The first-order chi connectivity index (χ1) is 15.9. The summed E-state index contributed by atoms with van der Waals surface area (Å²) in [7, 11) is 1.50. The number of fused-ring (bicyclic) bond motifs is 1. The molecule has 0 saturated carbocycles. The Morgan fingerprint density at radius 1 is 1.30 bits per heavy atom. The number of carbonyl (C=O) groups excluding carboxylic acids is 1. The second kappa shape index (κ2) is 9.68. The number of anilines is 1. The minimum atomic E-state index is -1.02. The van der Waals surface area contributed by atoms with E-state index in [9.17, 15) is 14.7 Å². The van der Waals surface area contributed by atoms with Gasteiger partial charge in [0.05, 0.1) is 24.8 Å². The number of carboxylic acids is 1. The number of nitrogens with two attached hydrogens (primary N) is 1. The maximum absolute atomic E-state index is 12.2. The highest BCUT2D eigenvalue weighted by molar-refractivity contribution is 5.94. The van der Waals surface area contributed by atoms with Crippen LogP contribution in [0.2, 0.25) is 0 Å². The summed E-state index contributed by atoms with van der Waals surface area (Å²) < 4.78 is 6.70. The minimum Gasteiger partial charge on any atom is -0.481 e. The molecule has 1 atom stereocenters. The zero-order chi connectivity index (χ0) is 23.4. The molecule has 4 N–H and O–H groups in total. The van der Waals surface area contributed by atoms with Crippen molar-refractivity contribution >= 4 is 17.7 Å². The summed E-state index contributed by atoms with van der Waals surface area (Å²) in [5.41, 5.74) is 8.84. The third-order valence-electron chi connectivity index (χ3n) is 5.68. The Morgan fingerprint density at radius 2 is 2.15 bits per heavy atom. The number of primary amides is 1. The van der Waals surface area contributed by atoms with Crippen LogP contribution in [0, 0.1) is 0 Å². The SMILES string of the molecule is COc1ccc([C@H](CC(=O)O)c2nn(CCc3ccc4c(n3)NCCC4)cc2C(N)=O)cn1. The van der Waals surface area contributed by atoms with E-state index < -0.39 is 17.8 Å². The van der Waals surface area contributed by atoms with E-state index in [2.05, 4.69) is 26.4 Å². The molecular weight excluding hydrogens is 424 g/mol. The Bertz CT molecular complexity index is 1160. The number of hydrogen-bond donors (Lipinski definition) is 3. The summed E-state index contributed by atoms with van der Waals surface area (Å²) in [6.07, 6.45) is 5.55. The summed E-state index contributed by atoms with van der Waals surface area (Å²) in [4.78, 5) is 32.6. The molecule has 0 aliphatic carbocycles. The van der Waals surface area contributed by atoms with Crippen LogP contribution in [-0.4, -0.2) is 50.4 Å². The molecule has 4 rings (SSSR count). The van der Waals surface area contributed by atoms with Crippen molar-refractivity contribution in [2.75, 3.05) is 19.0 Å². The molecule has 172 valence electrons. The molecule has 0 radical (unpaired) electrons. The van der Waals surface area contributed by atoms with Crippen LogP contribution in [0.1, 0.15) is 51.6 Å². The smallest absolute Gasteiger partial charge is 0.304 e. The van der Waals surface area contributed by atoms with Crippen molar-refractivity contribution in [2.24, 2.45) is 5.73 Å². The van der Waals surface area contributed by atoms with Gasteiger partial charge in [0, 0.05) is 49.6 Å². The van der Waals surface area contributed by atoms with Gasteiger partial charge >= 0.3 is 5.97 Å². The maximum atomic E-state index is 12.2. The van der Waals surface area contributed by atoms with Gasteiger partial charge < -0.3 is 20.9 Å². The van der Waals surface area contributed by atoms with Crippen molar-refractivity contribution in [1.29, 1.82) is 0 Å². The molecule has 0 aromatic carbocycles. The molecule has 3 aromatic heterocycles. The van der Waals surface area contributed by atoms with Gasteiger partial charge in [-0.2, -0.15) is 5.10 Å². The van der Waals surface area contributed by atoms with Crippen LogP contribution >= 0.6 is 0 Å². The maximum Gasteiger partial charge on any atom is 0.304 e. The van der Waals surface area contributed by atoms with E-state index >= 15 is 0 Å². The fourth-order valence-electron chi connectivity index (χ4n) is 4.00. The summed E-state index contributed by atoms with van der Waals surface area (Å²) in [5.74, 6) is -1.04. The minimum absolute atomic E-state index is 0.192. The van der Waals surface area contributed by atoms with E-state index in [1.165, 1.54) is 18.9 Å². The topological polar surface area (TPSA) is 145 Å². The molecule has 0 bridgehead atoms. The summed E-state index contributed by atoms with van der Waals surface area (Å²) in [6, 6.07) is 7.45. The van der Waals surface area contributed by atoms with E-state index in [0.717, 1.165) is 30.9 Å². The number of nitrogens with one attached hydrogen (secondary N) is 1. The summed E-state index contributed by atoms with van der Waals surface area (Å²) >= 11 is 0. The normalized spacial score (nSPS) is 13.6. The lowest BCUT2D eigenvalue weighted by molar-refractivity contribution is -0.137. The van der Waals surface area contributed by atoms with Gasteiger partial charge in [-0.25, -0.2) is 9.97 Å². The lowest BCUT2D eigenvalue weighted by atomic mass is 9.91. The zero-order valence-corrected chi connectivity index (χ0v) is 18.3. The number of carboxylic acid groups (broad SMARTS) is 1. The van der Waals surface area contributed by atoms with Gasteiger partial charge in [0.15, 0.2) is 0 Å². The number of hydrogen-bond acceptors (Lipinski definition) is 7. The first-order valence-corrected chi connectivity index (χ1v) is 10.8. The Balaban J connectivity index is 1.60. The number of rotatable bonds is 9.